The number of fused-ring (bicyclic) bond motifs is 2. The molecule has 128 valence electrons. The molecule has 0 saturated carbocycles. The van der Waals surface area contributed by atoms with Crippen LogP contribution in [-0.2, 0) is 13.1 Å². The van der Waals surface area contributed by atoms with Crippen LogP contribution in [0.25, 0.3) is 5.65 Å². The van der Waals surface area contributed by atoms with Crippen molar-refractivity contribution < 1.29 is 4.79 Å². The molecule has 25 heavy (non-hydrogen) atoms. The molecule has 4 rings (SSSR count). The standard InChI is InChI=1S/C19H21N5O/c1-22-10-11-24(14-16-4-2-3-5-17(16)22)19(25)21-13-15-6-8-23-9-7-20-18(23)12-15/h2-9,12H,10-11,13-14H2,1H3,(H,21,25). The second-order valence-electron chi connectivity index (χ2n) is 6.36. The Morgan fingerprint density at radius 1 is 1.20 bits per heavy atom. The van der Waals surface area contributed by atoms with Gasteiger partial charge in [0.15, 0.2) is 0 Å². The van der Waals surface area contributed by atoms with E-state index >= 15 is 0 Å². The summed E-state index contributed by atoms with van der Waals surface area (Å²) < 4.78 is 1.95. The number of nitrogens with one attached hydrogen (secondary N) is 1. The van der Waals surface area contributed by atoms with E-state index in [4.69, 9.17) is 0 Å². The SMILES string of the molecule is CN1CCN(C(=O)NCc2ccn3ccnc3c2)Cc2ccccc21. The maximum atomic E-state index is 12.6. The predicted molar refractivity (Wildman–Crippen MR) is 97.5 cm³/mol. The highest BCUT2D eigenvalue weighted by Crippen LogP contribution is 2.23. The number of nitrogens with zero attached hydrogens (tertiary/aromatic N) is 4. The second-order valence-corrected chi connectivity index (χ2v) is 6.36. The molecule has 0 radical (unpaired) electrons. The summed E-state index contributed by atoms with van der Waals surface area (Å²) in [5.74, 6) is 0. The lowest BCUT2D eigenvalue weighted by Gasteiger charge is -2.21. The molecule has 0 unspecified atom stereocenters. The Kier molecular flexibility index (Phi) is 4.01. The number of urea groups is 1. The molecule has 0 aliphatic carbocycles. The zero-order valence-corrected chi connectivity index (χ0v) is 14.2. The topological polar surface area (TPSA) is 52.9 Å². The number of carbonyl (C=O) groups is 1. The summed E-state index contributed by atoms with van der Waals surface area (Å²) in [5, 5.41) is 3.03. The Morgan fingerprint density at radius 2 is 2.08 bits per heavy atom. The first kappa shape index (κ1) is 15.5. The van der Waals surface area contributed by atoms with Crippen molar-refractivity contribution in [3.8, 4) is 0 Å². The fraction of sp³-hybridized carbons (Fsp3) is 0.263. The van der Waals surface area contributed by atoms with Crippen molar-refractivity contribution in [3.05, 3.63) is 66.1 Å². The Morgan fingerprint density at radius 3 is 3.00 bits per heavy atom. The third kappa shape index (κ3) is 3.15. The number of rotatable bonds is 2. The van der Waals surface area contributed by atoms with Crippen LogP contribution in [0.4, 0.5) is 10.5 Å². The highest BCUT2D eigenvalue weighted by atomic mass is 16.2. The van der Waals surface area contributed by atoms with Crippen LogP contribution in [-0.4, -0.2) is 40.5 Å². The first-order valence-corrected chi connectivity index (χ1v) is 8.44. The van der Waals surface area contributed by atoms with Crippen LogP contribution in [0.3, 0.4) is 0 Å². The summed E-state index contributed by atoms with van der Waals surface area (Å²) in [6, 6.07) is 12.2. The monoisotopic (exact) mass is 335 g/mol. The number of pyridine rings is 1. The molecular formula is C19H21N5O. The minimum absolute atomic E-state index is 0.0340. The summed E-state index contributed by atoms with van der Waals surface area (Å²) in [5.41, 5.74) is 4.30. The largest absolute Gasteiger partial charge is 0.373 e. The van der Waals surface area contributed by atoms with E-state index in [1.165, 1.54) is 11.3 Å². The molecular weight excluding hydrogens is 314 g/mol. The number of aromatic nitrogens is 2. The molecule has 3 aromatic rings. The lowest BCUT2D eigenvalue weighted by Crippen LogP contribution is -2.41. The number of hydrogen-bond acceptors (Lipinski definition) is 3. The summed E-state index contributed by atoms with van der Waals surface area (Å²) in [6.45, 7) is 2.66. The molecule has 1 aliphatic heterocycles. The molecule has 1 aromatic carbocycles. The first-order valence-electron chi connectivity index (χ1n) is 8.44. The number of amides is 2. The van der Waals surface area contributed by atoms with Gasteiger partial charge in [-0.25, -0.2) is 9.78 Å². The van der Waals surface area contributed by atoms with Crippen LogP contribution in [0.1, 0.15) is 11.1 Å². The van der Waals surface area contributed by atoms with Crippen molar-refractivity contribution in [2.45, 2.75) is 13.1 Å². The van der Waals surface area contributed by atoms with E-state index in [0.717, 1.165) is 17.8 Å². The van der Waals surface area contributed by atoms with Crippen molar-refractivity contribution in [3.63, 3.8) is 0 Å². The molecule has 6 nitrogen and oxygen atoms in total. The van der Waals surface area contributed by atoms with E-state index in [0.29, 0.717) is 19.6 Å². The Balaban J connectivity index is 1.44. The van der Waals surface area contributed by atoms with E-state index in [1.54, 1.807) is 6.20 Å². The number of para-hydroxylation sites is 1. The summed E-state index contributed by atoms with van der Waals surface area (Å²) in [6.07, 6.45) is 5.63. The predicted octanol–water partition coefficient (Wildman–Crippen LogP) is 2.50. The lowest BCUT2D eigenvalue weighted by molar-refractivity contribution is 0.197. The maximum absolute atomic E-state index is 12.6. The van der Waals surface area contributed by atoms with Gasteiger partial charge in [0.25, 0.3) is 0 Å². The highest BCUT2D eigenvalue weighted by molar-refractivity contribution is 5.75. The average molecular weight is 335 g/mol. The van der Waals surface area contributed by atoms with Gasteiger partial charge in [-0.05, 0) is 29.3 Å². The highest BCUT2D eigenvalue weighted by Gasteiger charge is 2.20. The van der Waals surface area contributed by atoms with Crippen molar-refractivity contribution in [1.82, 2.24) is 19.6 Å². The average Bonchev–Trinajstić information content (AvgIpc) is 3.04. The zero-order valence-electron chi connectivity index (χ0n) is 14.2. The Labute approximate surface area is 146 Å². The number of hydrogen-bond donors (Lipinski definition) is 1. The molecule has 0 atom stereocenters. The van der Waals surface area contributed by atoms with E-state index in [2.05, 4.69) is 34.4 Å². The van der Waals surface area contributed by atoms with E-state index in [-0.39, 0.29) is 6.03 Å². The fourth-order valence-electron chi connectivity index (χ4n) is 3.22. The molecule has 0 fully saturated rings. The van der Waals surface area contributed by atoms with E-state index in [1.807, 2.05) is 46.0 Å². The number of benzene rings is 1. The van der Waals surface area contributed by atoms with Crippen molar-refractivity contribution in [1.29, 1.82) is 0 Å². The molecule has 0 saturated heterocycles. The van der Waals surface area contributed by atoms with Gasteiger partial charge >= 0.3 is 6.03 Å². The van der Waals surface area contributed by atoms with Gasteiger partial charge in [-0.1, -0.05) is 18.2 Å². The molecule has 1 N–H and O–H groups in total. The number of imidazole rings is 1. The van der Waals surface area contributed by atoms with Crippen LogP contribution in [0, 0.1) is 0 Å². The summed E-state index contributed by atoms with van der Waals surface area (Å²) >= 11 is 0. The third-order valence-corrected chi connectivity index (χ3v) is 4.66. The van der Waals surface area contributed by atoms with Crippen LogP contribution < -0.4 is 10.2 Å². The van der Waals surface area contributed by atoms with Gasteiger partial charge in [-0.3, -0.25) is 0 Å². The van der Waals surface area contributed by atoms with E-state index < -0.39 is 0 Å². The molecule has 1 aliphatic rings. The van der Waals surface area contributed by atoms with E-state index in [9.17, 15) is 4.79 Å². The molecule has 2 amide bonds. The Bertz CT molecular complexity index is 903. The number of carbonyl (C=O) groups excluding carboxylic acids is 1. The quantitative estimate of drug-likeness (QED) is 0.783. The van der Waals surface area contributed by atoms with Crippen molar-refractivity contribution >= 4 is 17.4 Å². The minimum Gasteiger partial charge on any atom is -0.373 e. The van der Waals surface area contributed by atoms with Gasteiger partial charge in [0.05, 0.1) is 0 Å². The summed E-state index contributed by atoms with van der Waals surface area (Å²) in [4.78, 5) is 21.0. The van der Waals surface area contributed by atoms with Gasteiger partial charge in [0.1, 0.15) is 5.65 Å². The van der Waals surface area contributed by atoms with Crippen LogP contribution >= 0.6 is 0 Å². The minimum atomic E-state index is -0.0340. The lowest BCUT2D eigenvalue weighted by atomic mass is 10.1. The van der Waals surface area contributed by atoms with Crippen molar-refractivity contribution in [2.24, 2.45) is 0 Å². The number of anilines is 1. The number of likely N-dealkylation sites (N-methyl/N-ethyl adjacent to an activating group) is 1. The molecule has 0 bridgehead atoms. The van der Waals surface area contributed by atoms with Gasteiger partial charge in [-0.15, -0.1) is 0 Å². The zero-order chi connectivity index (χ0) is 17.2. The summed E-state index contributed by atoms with van der Waals surface area (Å²) in [7, 11) is 2.07. The van der Waals surface area contributed by atoms with Crippen LogP contribution in [0.15, 0.2) is 55.0 Å². The molecule has 3 heterocycles. The first-order chi connectivity index (χ1) is 12.2. The smallest absolute Gasteiger partial charge is 0.318 e. The van der Waals surface area contributed by atoms with Crippen LogP contribution in [0.5, 0.6) is 0 Å². The Hall–Kier alpha value is -3.02. The van der Waals surface area contributed by atoms with Gasteiger partial charge in [0, 0.05) is 57.5 Å². The van der Waals surface area contributed by atoms with Crippen LogP contribution in [0.2, 0.25) is 0 Å². The van der Waals surface area contributed by atoms with Gasteiger partial charge < -0.3 is 19.5 Å². The fourth-order valence-corrected chi connectivity index (χ4v) is 3.22. The third-order valence-electron chi connectivity index (χ3n) is 4.66. The molecule has 0 spiro atoms. The molecule has 6 heteroatoms. The van der Waals surface area contributed by atoms with Gasteiger partial charge in [-0.2, -0.15) is 0 Å². The second kappa shape index (κ2) is 6.47. The normalized spacial score (nSPS) is 14.3. The van der Waals surface area contributed by atoms with Gasteiger partial charge in [0.2, 0.25) is 0 Å². The molecule has 2 aromatic heterocycles. The maximum Gasteiger partial charge on any atom is 0.318 e. The van der Waals surface area contributed by atoms with Crippen molar-refractivity contribution in [2.75, 3.05) is 25.0 Å².